The molecule has 0 aliphatic heterocycles. The number of carbonyl (C=O) groups excluding carboxylic acids is 1. The van der Waals surface area contributed by atoms with Crippen molar-refractivity contribution in [2.45, 2.75) is 32.2 Å². The molecule has 1 unspecified atom stereocenters. The summed E-state index contributed by atoms with van der Waals surface area (Å²) in [6.45, 7) is 2.58. The molecule has 1 fully saturated rings. The first-order chi connectivity index (χ1) is 14.1. The van der Waals surface area contributed by atoms with Crippen LogP contribution in [0.3, 0.4) is 0 Å². The number of benzene rings is 2. The number of amides is 1. The average molecular weight is 413 g/mol. The lowest BCUT2D eigenvalue weighted by atomic mass is 10.0. The largest absolute Gasteiger partial charge is 0.356 e. The quantitative estimate of drug-likeness (QED) is 0.649. The van der Waals surface area contributed by atoms with Crippen molar-refractivity contribution in [1.82, 2.24) is 20.3 Å². The van der Waals surface area contributed by atoms with Crippen LogP contribution in [0.25, 0.3) is 22.4 Å². The van der Waals surface area contributed by atoms with Crippen molar-refractivity contribution in [2.24, 2.45) is 5.92 Å². The van der Waals surface area contributed by atoms with Gasteiger partial charge in [-0.05, 0) is 49.4 Å². The highest BCUT2D eigenvalue weighted by Crippen LogP contribution is 2.37. The second-order valence-electron chi connectivity index (χ2n) is 7.33. The lowest BCUT2D eigenvalue weighted by molar-refractivity contribution is -0.124. The number of halogens is 2. The summed E-state index contributed by atoms with van der Waals surface area (Å²) in [5, 5.41) is 11.4. The Balaban J connectivity index is 1.54. The maximum atomic E-state index is 13.7. The van der Waals surface area contributed by atoms with Crippen LogP contribution in [0.15, 0.2) is 48.7 Å². The first-order valence-corrected chi connectivity index (χ1v) is 10.2. The van der Waals surface area contributed by atoms with E-state index in [1.807, 2.05) is 35.9 Å². The Kier molecular flexibility index (Phi) is 5.62. The molecule has 0 bridgehead atoms. The second kappa shape index (κ2) is 8.33. The van der Waals surface area contributed by atoms with E-state index in [9.17, 15) is 9.18 Å². The molecule has 3 aromatic rings. The van der Waals surface area contributed by atoms with Crippen molar-refractivity contribution in [2.75, 3.05) is 6.54 Å². The SMILES string of the molecule is CCNC(=O)C1CC[C@@H](n2nncc2-c2ccc(-c3ccc(Cl)c(F)c3)cc2)C1. The minimum Gasteiger partial charge on any atom is -0.356 e. The van der Waals surface area contributed by atoms with Gasteiger partial charge in [-0.25, -0.2) is 9.07 Å². The van der Waals surface area contributed by atoms with Crippen molar-refractivity contribution >= 4 is 17.5 Å². The van der Waals surface area contributed by atoms with Gasteiger partial charge in [0.05, 0.1) is 23.0 Å². The summed E-state index contributed by atoms with van der Waals surface area (Å²) in [6.07, 6.45) is 4.28. The van der Waals surface area contributed by atoms with Gasteiger partial charge in [-0.3, -0.25) is 4.79 Å². The molecule has 150 valence electrons. The Morgan fingerprint density at radius 3 is 2.62 bits per heavy atom. The van der Waals surface area contributed by atoms with Crippen LogP contribution < -0.4 is 5.32 Å². The Morgan fingerprint density at radius 1 is 1.17 bits per heavy atom. The Morgan fingerprint density at radius 2 is 1.90 bits per heavy atom. The molecule has 1 amide bonds. The van der Waals surface area contributed by atoms with Crippen molar-refractivity contribution in [3.8, 4) is 22.4 Å². The second-order valence-corrected chi connectivity index (χ2v) is 7.74. The molecule has 0 saturated heterocycles. The van der Waals surface area contributed by atoms with E-state index in [0.717, 1.165) is 41.6 Å². The van der Waals surface area contributed by atoms with Crippen molar-refractivity contribution in [3.05, 3.63) is 59.5 Å². The number of nitrogens with zero attached hydrogens (tertiary/aromatic N) is 3. The standard InChI is InChI=1S/C22H22ClFN4O/c1-2-25-22(29)17-7-9-18(11-17)28-21(13-26-27-28)15-5-3-14(4-6-15)16-8-10-19(23)20(24)12-16/h3-6,8,10,12-13,17-18H,2,7,9,11H2,1H3,(H,25,29)/t17?,18-/m1/s1. The Labute approximate surface area is 173 Å². The lowest BCUT2D eigenvalue weighted by Crippen LogP contribution is -2.29. The molecule has 2 atom stereocenters. The van der Waals surface area contributed by atoms with Gasteiger partial charge in [0.1, 0.15) is 5.82 Å². The molecule has 1 aliphatic rings. The van der Waals surface area contributed by atoms with Gasteiger partial charge >= 0.3 is 0 Å². The molecule has 2 aromatic carbocycles. The molecule has 7 heteroatoms. The fraction of sp³-hybridized carbons (Fsp3) is 0.318. The maximum absolute atomic E-state index is 13.7. The van der Waals surface area contributed by atoms with E-state index in [-0.39, 0.29) is 22.9 Å². The third kappa shape index (κ3) is 4.03. The van der Waals surface area contributed by atoms with Crippen LogP contribution in [0.4, 0.5) is 4.39 Å². The summed E-state index contributed by atoms with van der Waals surface area (Å²) in [7, 11) is 0. The van der Waals surface area contributed by atoms with Crippen LogP contribution >= 0.6 is 11.6 Å². The third-order valence-electron chi connectivity index (χ3n) is 5.48. The van der Waals surface area contributed by atoms with Gasteiger partial charge < -0.3 is 5.32 Å². The Bertz CT molecular complexity index is 1020. The van der Waals surface area contributed by atoms with Crippen LogP contribution in [0.2, 0.25) is 5.02 Å². The molecule has 1 heterocycles. The van der Waals surface area contributed by atoms with Gasteiger partial charge in [0.2, 0.25) is 5.91 Å². The summed E-state index contributed by atoms with van der Waals surface area (Å²) in [6, 6.07) is 12.8. The molecule has 1 aliphatic carbocycles. The zero-order valence-electron chi connectivity index (χ0n) is 16.1. The minimum atomic E-state index is -0.432. The van der Waals surface area contributed by atoms with E-state index >= 15 is 0 Å². The summed E-state index contributed by atoms with van der Waals surface area (Å²) in [4.78, 5) is 12.1. The van der Waals surface area contributed by atoms with Crippen LogP contribution in [-0.4, -0.2) is 27.4 Å². The van der Waals surface area contributed by atoms with Gasteiger partial charge in [-0.15, -0.1) is 5.10 Å². The van der Waals surface area contributed by atoms with Gasteiger partial charge in [0.15, 0.2) is 0 Å². The van der Waals surface area contributed by atoms with Gasteiger partial charge in [0, 0.05) is 18.0 Å². The summed E-state index contributed by atoms with van der Waals surface area (Å²) in [5.74, 6) is -0.284. The molecular formula is C22H22ClFN4O. The lowest BCUT2D eigenvalue weighted by Gasteiger charge is -2.14. The van der Waals surface area contributed by atoms with Crippen LogP contribution in [0.5, 0.6) is 0 Å². The zero-order chi connectivity index (χ0) is 20.4. The third-order valence-corrected chi connectivity index (χ3v) is 5.79. The normalized spacial score (nSPS) is 18.7. The van der Waals surface area contributed by atoms with Gasteiger partial charge in [0.25, 0.3) is 0 Å². The van der Waals surface area contributed by atoms with E-state index < -0.39 is 5.82 Å². The summed E-state index contributed by atoms with van der Waals surface area (Å²) in [5.41, 5.74) is 3.57. The molecule has 29 heavy (non-hydrogen) atoms. The highest BCUT2D eigenvalue weighted by molar-refractivity contribution is 6.30. The van der Waals surface area contributed by atoms with Crippen molar-refractivity contribution in [3.63, 3.8) is 0 Å². The maximum Gasteiger partial charge on any atom is 0.223 e. The monoisotopic (exact) mass is 412 g/mol. The molecule has 4 rings (SSSR count). The molecule has 1 aromatic heterocycles. The Hall–Kier alpha value is -2.73. The van der Waals surface area contributed by atoms with Crippen LogP contribution in [-0.2, 0) is 4.79 Å². The molecule has 0 spiro atoms. The molecular weight excluding hydrogens is 391 g/mol. The van der Waals surface area contributed by atoms with E-state index in [0.29, 0.717) is 6.54 Å². The van der Waals surface area contributed by atoms with Gasteiger partial charge in [-0.2, -0.15) is 0 Å². The van der Waals surface area contributed by atoms with Crippen LogP contribution in [0.1, 0.15) is 32.2 Å². The van der Waals surface area contributed by atoms with E-state index in [1.54, 1.807) is 18.3 Å². The molecule has 5 nitrogen and oxygen atoms in total. The summed E-state index contributed by atoms with van der Waals surface area (Å²) >= 11 is 5.77. The number of aromatic nitrogens is 3. The molecule has 0 radical (unpaired) electrons. The van der Waals surface area contributed by atoms with E-state index in [2.05, 4.69) is 15.6 Å². The van der Waals surface area contributed by atoms with Crippen molar-refractivity contribution in [1.29, 1.82) is 0 Å². The van der Waals surface area contributed by atoms with Crippen molar-refractivity contribution < 1.29 is 9.18 Å². The number of rotatable bonds is 5. The van der Waals surface area contributed by atoms with E-state index in [1.165, 1.54) is 6.07 Å². The fourth-order valence-corrected chi connectivity index (χ4v) is 4.08. The van der Waals surface area contributed by atoms with Crippen LogP contribution in [0, 0.1) is 11.7 Å². The highest BCUT2D eigenvalue weighted by Gasteiger charge is 2.32. The average Bonchev–Trinajstić information content (AvgIpc) is 3.40. The number of nitrogens with one attached hydrogen (secondary N) is 1. The summed E-state index contributed by atoms with van der Waals surface area (Å²) < 4.78 is 15.7. The predicted octanol–water partition coefficient (Wildman–Crippen LogP) is 4.88. The highest BCUT2D eigenvalue weighted by atomic mass is 35.5. The zero-order valence-corrected chi connectivity index (χ0v) is 16.9. The molecule has 1 saturated carbocycles. The number of carbonyl (C=O) groups is 1. The van der Waals surface area contributed by atoms with Gasteiger partial charge in [-0.1, -0.05) is 47.1 Å². The topological polar surface area (TPSA) is 59.8 Å². The molecule has 1 N–H and O–H groups in total. The number of hydrogen-bond donors (Lipinski definition) is 1. The predicted molar refractivity (Wildman–Crippen MR) is 111 cm³/mol. The fourth-order valence-electron chi connectivity index (χ4n) is 3.97. The van der Waals surface area contributed by atoms with E-state index in [4.69, 9.17) is 11.6 Å². The first-order valence-electron chi connectivity index (χ1n) is 9.80. The first kappa shape index (κ1) is 19.6. The number of hydrogen-bond acceptors (Lipinski definition) is 3. The smallest absolute Gasteiger partial charge is 0.223 e. The minimum absolute atomic E-state index is 0.0270.